The molecule has 1 N–H and O–H groups in total. The highest BCUT2D eigenvalue weighted by Crippen LogP contribution is 2.43. The van der Waals surface area contributed by atoms with Crippen LogP contribution in [0.4, 0.5) is 14.6 Å². The molecule has 2 atom stereocenters. The van der Waals surface area contributed by atoms with Crippen molar-refractivity contribution in [3.63, 3.8) is 0 Å². The van der Waals surface area contributed by atoms with Gasteiger partial charge < -0.3 is 24.2 Å². The SMILES string of the molecule is C=CC(=O)N1C[C@H](C)N(c2nc(OCCn3cccc3C)nc3c(F)c(-c4c(O)cccc4F)c(Cl)cc23)C[C@H]1C. The van der Waals surface area contributed by atoms with Gasteiger partial charge in [-0.2, -0.15) is 9.97 Å². The zero-order valence-corrected chi connectivity index (χ0v) is 23.7. The highest BCUT2D eigenvalue weighted by Gasteiger charge is 2.34. The number of amides is 1. The first-order valence-electron chi connectivity index (χ1n) is 13.2. The molecule has 0 aliphatic carbocycles. The maximum atomic E-state index is 16.3. The molecule has 1 aliphatic rings. The summed E-state index contributed by atoms with van der Waals surface area (Å²) in [6.45, 7) is 10.9. The smallest absolute Gasteiger partial charge is 0.319 e. The Bertz CT molecular complexity index is 1620. The molecule has 1 amide bonds. The molecule has 3 heterocycles. The van der Waals surface area contributed by atoms with Crippen LogP contribution in [-0.2, 0) is 11.3 Å². The van der Waals surface area contributed by atoms with Gasteiger partial charge in [0.15, 0.2) is 5.82 Å². The van der Waals surface area contributed by atoms with E-state index in [-0.39, 0.29) is 52.3 Å². The Morgan fingerprint density at radius 3 is 2.63 bits per heavy atom. The number of nitrogens with zero attached hydrogens (tertiary/aromatic N) is 5. The Morgan fingerprint density at radius 1 is 1.17 bits per heavy atom. The molecule has 0 unspecified atom stereocenters. The number of rotatable bonds is 7. The average molecular weight is 582 g/mol. The second-order valence-corrected chi connectivity index (χ2v) is 10.6. The van der Waals surface area contributed by atoms with Crippen LogP contribution in [-0.4, -0.2) is 62.2 Å². The third-order valence-electron chi connectivity index (χ3n) is 7.42. The molecule has 11 heteroatoms. The largest absolute Gasteiger partial charge is 0.507 e. The summed E-state index contributed by atoms with van der Waals surface area (Å²) in [4.78, 5) is 25.1. The van der Waals surface area contributed by atoms with E-state index < -0.39 is 17.4 Å². The first-order chi connectivity index (χ1) is 19.6. The fraction of sp³-hybridized carbons (Fsp3) is 0.300. The van der Waals surface area contributed by atoms with E-state index in [0.717, 1.165) is 11.8 Å². The van der Waals surface area contributed by atoms with Crippen molar-refractivity contribution in [2.75, 3.05) is 24.6 Å². The molecule has 0 bridgehead atoms. The van der Waals surface area contributed by atoms with E-state index in [9.17, 15) is 14.3 Å². The minimum Gasteiger partial charge on any atom is -0.507 e. The van der Waals surface area contributed by atoms with E-state index in [1.54, 1.807) is 4.90 Å². The van der Waals surface area contributed by atoms with Gasteiger partial charge in [0, 0.05) is 48.0 Å². The van der Waals surface area contributed by atoms with Gasteiger partial charge in [-0.3, -0.25) is 4.79 Å². The minimum absolute atomic E-state index is 0.0633. The zero-order chi connectivity index (χ0) is 29.4. The fourth-order valence-corrected chi connectivity index (χ4v) is 5.55. The van der Waals surface area contributed by atoms with E-state index in [1.165, 1.54) is 24.3 Å². The Labute approximate surface area is 241 Å². The van der Waals surface area contributed by atoms with Crippen molar-refractivity contribution in [2.24, 2.45) is 0 Å². The van der Waals surface area contributed by atoms with Crippen LogP contribution in [0.3, 0.4) is 0 Å². The predicted octanol–water partition coefficient (Wildman–Crippen LogP) is 5.73. The van der Waals surface area contributed by atoms with Crippen LogP contribution in [0.1, 0.15) is 19.5 Å². The lowest BCUT2D eigenvalue weighted by molar-refractivity contribution is -0.128. The second-order valence-electron chi connectivity index (χ2n) is 10.1. The van der Waals surface area contributed by atoms with Crippen molar-refractivity contribution in [3.05, 3.63) is 77.6 Å². The number of carbonyl (C=O) groups is 1. The summed E-state index contributed by atoms with van der Waals surface area (Å²) < 4.78 is 39.0. The van der Waals surface area contributed by atoms with Crippen LogP contribution < -0.4 is 9.64 Å². The van der Waals surface area contributed by atoms with Gasteiger partial charge in [-0.1, -0.05) is 24.2 Å². The molecule has 5 rings (SSSR count). The van der Waals surface area contributed by atoms with Gasteiger partial charge >= 0.3 is 6.01 Å². The Morgan fingerprint density at radius 2 is 1.95 bits per heavy atom. The standard InChI is InChI=1S/C30H30ClF2N5O3/c1-5-24(40)37-15-19(4)38(16-18(37)3)29-20-14-21(31)25(26-22(32)9-6-10-23(26)39)27(33)28(20)34-30(35-29)41-13-12-36-11-7-8-17(36)2/h5-11,14,18-19,39H,1,12-13,15-16H2,2-4H3/t18-,19+/m1/s1. The Hall–Kier alpha value is -4.18. The molecule has 1 saturated heterocycles. The number of hydrogen-bond donors (Lipinski definition) is 1. The number of phenols is 1. The van der Waals surface area contributed by atoms with Crippen molar-refractivity contribution in [1.82, 2.24) is 19.4 Å². The number of anilines is 1. The molecule has 0 saturated carbocycles. The average Bonchev–Trinajstić information content (AvgIpc) is 3.35. The Balaban J connectivity index is 1.63. The molecular formula is C30H30ClF2N5O3. The molecule has 2 aromatic heterocycles. The lowest BCUT2D eigenvalue weighted by Crippen LogP contribution is -2.58. The first-order valence-corrected chi connectivity index (χ1v) is 13.6. The summed E-state index contributed by atoms with van der Waals surface area (Å²) in [5.74, 6) is -2.00. The third kappa shape index (κ3) is 5.31. The van der Waals surface area contributed by atoms with Gasteiger partial charge in [-0.25, -0.2) is 8.78 Å². The van der Waals surface area contributed by atoms with Crippen molar-refractivity contribution >= 4 is 34.2 Å². The van der Waals surface area contributed by atoms with Crippen LogP contribution >= 0.6 is 11.6 Å². The van der Waals surface area contributed by atoms with Crippen molar-refractivity contribution < 1.29 is 23.4 Å². The van der Waals surface area contributed by atoms with E-state index in [0.29, 0.717) is 30.8 Å². The third-order valence-corrected chi connectivity index (χ3v) is 7.72. The highest BCUT2D eigenvalue weighted by atomic mass is 35.5. The summed E-state index contributed by atoms with van der Waals surface area (Å²) in [6.07, 6.45) is 3.21. The molecule has 214 valence electrons. The minimum atomic E-state index is -0.913. The fourth-order valence-electron chi connectivity index (χ4n) is 5.26. The number of aryl methyl sites for hydroxylation is 1. The number of piperazine rings is 1. The summed E-state index contributed by atoms with van der Waals surface area (Å²) in [7, 11) is 0. The van der Waals surface area contributed by atoms with Crippen LogP contribution in [0.2, 0.25) is 5.02 Å². The first kappa shape index (κ1) is 28.4. The van der Waals surface area contributed by atoms with Crippen LogP contribution in [0.25, 0.3) is 22.0 Å². The van der Waals surface area contributed by atoms with Crippen molar-refractivity contribution in [3.8, 4) is 22.9 Å². The van der Waals surface area contributed by atoms with Gasteiger partial charge in [0.05, 0.1) is 17.1 Å². The van der Waals surface area contributed by atoms with Crippen LogP contribution in [0.5, 0.6) is 11.8 Å². The number of carbonyl (C=O) groups excluding carboxylic acids is 1. The number of fused-ring (bicyclic) bond motifs is 1. The van der Waals surface area contributed by atoms with E-state index in [2.05, 4.69) is 16.5 Å². The topological polar surface area (TPSA) is 83.7 Å². The second kappa shape index (κ2) is 11.4. The van der Waals surface area contributed by atoms with Crippen molar-refractivity contribution in [2.45, 2.75) is 39.4 Å². The maximum Gasteiger partial charge on any atom is 0.319 e. The molecule has 0 radical (unpaired) electrons. The molecule has 2 aromatic carbocycles. The number of benzene rings is 2. The van der Waals surface area contributed by atoms with Gasteiger partial charge in [-0.15, -0.1) is 0 Å². The van der Waals surface area contributed by atoms with Gasteiger partial charge in [0.1, 0.15) is 29.5 Å². The summed E-state index contributed by atoms with van der Waals surface area (Å²) in [6, 6.07) is 8.60. The normalized spacial score (nSPS) is 17.2. The maximum absolute atomic E-state index is 16.3. The van der Waals surface area contributed by atoms with E-state index >= 15 is 4.39 Å². The lowest BCUT2D eigenvalue weighted by Gasteiger charge is -2.44. The molecule has 1 aliphatic heterocycles. The number of hydrogen-bond acceptors (Lipinski definition) is 6. The molecule has 8 nitrogen and oxygen atoms in total. The highest BCUT2D eigenvalue weighted by molar-refractivity contribution is 6.34. The molecule has 0 spiro atoms. The molecular weight excluding hydrogens is 552 g/mol. The van der Waals surface area contributed by atoms with Crippen LogP contribution in [0, 0.1) is 18.6 Å². The van der Waals surface area contributed by atoms with Crippen LogP contribution in [0.15, 0.2) is 55.3 Å². The predicted molar refractivity (Wildman–Crippen MR) is 154 cm³/mol. The van der Waals surface area contributed by atoms with Gasteiger partial charge in [0.25, 0.3) is 0 Å². The number of aromatic hydroxyl groups is 1. The van der Waals surface area contributed by atoms with Crippen molar-refractivity contribution in [1.29, 1.82) is 0 Å². The summed E-state index contributed by atoms with van der Waals surface area (Å²) in [5, 5.41) is 10.6. The quantitative estimate of drug-likeness (QED) is 0.281. The van der Waals surface area contributed by atoms with E-state index in [4.69, 9.17) is 16.3 Å². The monoisotopic (exact) mass is 581 g/mol. The molecule has 1 fully saturated rings. The van der Waals surface area contributed by atoms with Gasteiger partial charge in [-0.05, 0) is 57.2 Å². The number of halogens is 3. The summed E-state index contributed by atoms with van der Waals surface area (Å²) in [5.41, 5.74) is 0.254. The molecule has 41 heavy (non-hydrogen) atoms. The number of aromatic nitrogens is 3. The Kier molecular flexibility index (Phi) is 7.86. The number of ether oxygens (including phenoxy) is 1. The van der Waals surface area contributed by atoms with Gasteiger partial charge in [0.2, 0.25) is 5.91 Å². The zero-order valence-electron chi connectivity index (χ0n) is 22.9. The molecule has 4 aromatic rings. The van der Waals surface area contributed by atoms with E-state index in [1.807, 2.05) is 48.6 Å². The summed E-state index contributed by atoms with van der Waals surface area (Å²) >= 11 is 6.55. The lowest BCUT2D eigenvalue weighted by atomic mass is 10.0. The number of phenolic OH excluding ortho intramolecular Hbond substituents is 1.